The number of thiophene rings is 1. The zero-order chi connectivity index (χ0) is 22.5. The van der Waals surface area contributed by atoms with Crippen LogP contribution in [0.5, 0.6) is 0 Å². The monoisotopic (exact) mass is 483 g/mol. The van der Waals surface area contributed by atoms with Gasteiger partial charge in [0.15, 0.2) is 11.0 Å². The van der Waals surface area contributed by atoms with E-state index in [1.807, 2.05) is 19.1 Å². The van der Waals surface area contributed by atoms with Crippen molar-refractivity contribution in [3.63, 3.8) is 0 Å². The lowest BCUT2D eigenvalue weighted by Gasteiger charge is -2.09. The molecule has 0 fully saturated rings. The first-order valence-electron chi connectivity index (χ1n) is 10.4. The number of hydrogen-bond acceptors (Lipinski definition) is 7. The van der Waals surface area contributed by atoms with E-state index in [0.717, 1.165) is 45.8 Å². The molecule has 0 bridgehead atoms. The second-order valence-corrected chi connectivity index (χ2v) is 10.4. The van der Waals surface area contributed by atoms with E-state index in [9.17, 15) is 4.79 Å². The molecule has 0 unspecified atom stereocenters. The largest absolute Gasteiger partial charge is 0.355 e. The topological polar surface area (TPSA) is 72.7 Å². The number of thiazole rings is 1. The summed E-state index contributed by atoms with van der Waals surface area (Å²) < 4.78 is 2.06. The van der Waals surface area contributed by atoms with E-state index in [-0.39, 0.29) is 5.91 Å². The Balaban J connectivity index is 1.28. The number of carbonyl (C=O) groups excluding carboxylic acids is 1. The zero-order valence-electron chi connectivity index (χ0n) is 18.3. The molecule has 4 rings (SSSR count). The summed E-state index contributed by atoms with van der Waals surface area (Å²) in [7, 11) is 0. The molecule has 3 heterocycles. The van der Waals surface area contributed by atoms with Crippen LogP contribution >= 0.6 is 34.4 Å². The molecule has 1 N–H and O–H groups in total. The number of aryl methyl sites for hydroxylation is 2. The Bertz CT molecular complexity index is 1210. The number of rotatable bonds is 9. The number of nitrogens with one attached hydrogen (secondary N) is 1. The van der Waals surface area contributed by atoms with Crippen molar-refractivity contribution >= 4 is 40.3 Å². The first-order chi connectivity index (χ1) is 15.5. The first kappa shape index (κ1) is 22.7. The van der Waals surface area contributed by atoms with Crippen LogP contribution < -0.4 is 5.32 Å². The number of thioether (sulfide) groups is 1. The van der Waals surface area contributed by atoms with Crippen molar-refractivity contribution in [1.29, 1.82) is 0 Å². The summed E-state index contributed by atoms with van der Waals surface area (Å²) in [5, 5.41) is 15.7. The molecule has 0 saturated heterocycles. The molecule has 166 valence electrons. The van der Waals surface area contributed by atoms with E-state index < -0.39 is 0 Å². The van der Waals surface area contributed by atoms with Crippen LogP contribution in [0.15, 0.2) is 46.9 Å². The van der Waals surface area contributed by atoms with Crippen LogP contribution in [0.3, 0.4) is 0 Å². The molecule has 4 aromatic rings. The van der Waals surface area contributed by atoms with Crippen LogP contribution in [0.2, 0.25) is 0 Å². The first-order valence-corrected chi connectivity index (χ1v) is 13.1. The number of hydrogen-bond donors (Lipinski definition) is 1. The lowest BCUT2D eigenvalue weighted by atomic mass is 10.1. The predicted molar refractivity (Wildman–Crippen MR) is 133 cm³/mol. The van der Waals surface area contributed by atoms with Gasteiger partial charge in [-0.25, -0.2) is 4.98 Å². The summed E-state index contributed by atoms with van der Waals surface area (Å²) in [5.41, 5.74) is 3.26. The highest BCUT2D eigenvalue weighted by Crippen LogP contribution is 2.29. The average molecular weight is 484 g/mol. The highest BCUT2D eigenvalue weighted by atomic mass is 32.2. The molecule has 6 nitrogen and oxygen atoms in total. The number of amides is 1. The van der Waals surface area contributed by atoms with Crippen LogP contribution in [-0.2, 0) is 17.8 Å². The average Bonchev–Trinajstić information content (AvgIpc) is 3.52. The van der Waals surface area contributed by atoms with Crippen LogP contribution in [0.25, 0.3) is 22.0 Å². The van der Waals surface area contributed by atoms with Crippen LogP contribution in [-0.4, -0.2) is 38.0 Å². The molecule has 3 aromatic heterocycles. The van der Waals surface area contributed by atoms with Crippen molar-refractivity contribution < 1.29 is 4.79 Å². The smallest absolute Gasteiger partial charge is 0.230 e. The van der Waals surface area contributed by atoms with Crippen LogP contribution in [0.1, 0.15) is 22.4 Å². The molecule has 0 radical (unpaired) electrons. The second-order valence-electron chi connectivity index (χ2n) is 7.27. The van der Waals surface area contributed by atoms with E-state index in [4.69, 9.17) is 0 Å². The fourth-order valence-corrected chi connectivity index (χ4v) is 5.82. The van der Waals surface area contributed by atoms with E-state index in [1.54, 1.807) is 22.7 Å². The number of carbonyl (C=O) groups is 1. The SMILES string of the molecule is CCn1c(SCC(=O)NCCc2ccc(-c3csc(C)n3)s2)nnc1-c1ccccc1C. The molecule has 1 aromatic carbocycles. The van der Waals surface area contributed by atoms with Gasteiger partial charge in [-0.1, -0.05) is 36.0 Å². The lowest BCUT2D eigenvalue weighted by molar-refractivity contribution is -0.118. The third-order valence-corrected chi connectivity index (χ3v) is 7.89. The van der Waals surface area contributed by atoms with Gasteiger partial charge in [0.25, 0.3) is 0 Å². The van der Waals surface area contributed by atoms with E-state index in [2.05, 4.69) is 68.6 Å². The van der Waals surface area contributed by atoms with E-state index in [1.165, 1.54) is 21.5 Å². The minimum atomic E-state index is 0.00463. The van der Waals surface area contributed by atoms with Crippen molar-refractivity contribution in [2.24, 2.45) is 0 Å². The molecule has 0 aliphatic rings. The summed E-state index contributed by atoms with van der Waals surface area (Å²) in [6.07, 6.45) is 0.812. The van der Waals surface area contributed by atoms with Crippen molar-refractivity contribution in [2.75, 3.05) is 12.3 Å². The van der Waals surface area contributed by atoms with Gasteiger partial charge in [0.2, 0.25) is 5.91 Å². The molecule has 0 atom stereocenters. The highest BCUT2D eigenvalue weighted by molar-refractivity contribution is 7.99. The highest BCUT2D eigenvalue weighted by Gasteiger charge is 2.15. The summed E-state index contributed by atoms with van der Waals surface area (Å²) in [6, 6.07) is 12.4. The van der Waals surface area contributed by atoms with Crippen molar-refractivity contribution in [2.45, 2.75) is 38.9 Å². The summed E-state index contributed by atoms with van der Waals surface area (Å²) >= 11 is 4.82. The van der Waals surface area contributed by atoms with Gasteiger partial charge < -0.3 is 9.88 Å². The maximum atomic E-state index is 12.4. The minimum Gasteiger partial charge on any atom is -0.355 e. The molecular weight excluding hydrogens is 458 g/mol. The maximum Gasteiger partial charge on any atom is 0.230 e. The Morgan fingerprint density at radius 2 is 2.00 bits per heavy atom. The van der Waals surface area contributed by atoms with Gasteiger partial charge in [-0.3, -0.25) is 4.79 Å². The van der Waals surface area contributed by atoms with Crippen LogP contribution in [0, 0.1) is 13.8 Å². The van der Waals surface area contributed by atoms with E-state index in [0.29, 0.717) is 12.3 Å². The second kappa shape index (κ2) is 10.4. The van der Waals surface area contributed by atoms with Gasteiger partial charge in [-0.2, -0.15) is 0 Å². The minimum absolute atomic E-state index is 0.00463. The number of benzene rings is 1. The molecular formula is C23H25N5OS3. The zero-order valence-corrected chi connectivity index (χ0v) is 20.7. The van der Waals surface area contributed by atoms with Gasteiger partial charge in [0, 0.05) is 28.9 Å². The Hall–Kier alpha value is -2.49. The Morgan fingerprint density at radius 1 is 1.16 bits per heavy atom. The summed E-state index contributed by atoms with van der Waals surface area (Å²) in [4.78, 5) is 19.3. The summed E-state index contributed by atoms with van der Waals surface area (Å²) in [6.45, 7) is 7.52. The molecule has 0 spiro atoms. The third-order valence-electron chi connectivity index (χ3n) is 4.98. The van der Waals surface area contributed by atoms with Crippen LogP contribution in [0.4, 0.5) is 0 Å². The van der Waals surface area contributed by atoms with Gasteiger partial charge >= 0.3 is 0 Å². The Morgan fingerprint density at radius 3 is 2.75 bits per heavy atom. The third kappa shape index (κ3) is 5.28. The molecule has 0 saturated carbocycles. The van der Waals surface area contributed by atoms with Crippen molar-refractivity contribution in [3.8, 4) is 22.0 Å². The van der Waals surface area contributed by atoms with Gasteiger partial charge in [0.1, 0.15) is 0 Å². The standard InChI is InChI=1S/C23H25N5OS3/c1-4-28-22(18-8-6-5-7-15(18)2)26-27-23(28)31-14-21(29)24-12-11-17-9-10-20(32-17)19-13-30-16(3)25-19/h5-10,13H,4,11-12,14H2,1-3H3,(H,24,29). The number of nitrogens with zero attached hydrogens (tertiary/aromatic N) is 4. The lowest BCUT2D eigenvalue weighted by Crippen LogP contribution is -2.27. The molecule has 1 amide bonds. The molecule has 9 heteroatoms. The molecule has 0 aliphatic heterocycles. The van der Waals surface area contributed by atoms with Crippen molar-refractivity contribution in [1.82, 2.24) is 25.1 Å². The maximum absolute atomic E-state index is 12.4. The fourth-order valence-electron chi connectivity index (χ4n) is 3.34. The molecule has 32 heavy (non-hydrogen) atoms. The molecule has 0 aliphatic carbocycles. The van der Waals surface area contributed by atoms with Crippen molar-refractivity contribution in [3.05, 3.63) is 57.2 Å². The van der Waals surface area contributed by atoms with Gasteiger partial charge in [-0.15, -0.1) is 32.9 Å². The van der Waals surface area contributed by atoms with Gasteiger partial charge in [-0.05, 0) is 44.9 Å². The normalized spacial score (nSPS) is 11.1. The van der Waals surface area contributed by atoms with E-state index >= 15 is 0 Å². The predicted octanol–water partition coefficient (Wildman–Crippen LogP) is 5.22. The fraction of sp³-hybridized carbons (Fsp3) is 0.304. The Labute approximate surface area is 200 Å². The van der Waals surface area contributed by atoms with Gasteiger partial charge in [0.05, 0.1) is 21.3 Å². The quantitative estimate of drug-likeness (QED) is 0.331. The Kier molecular flexibility index (Phi) is 7.39. The number of aromatic nitrogens is 4. The summed E-state index contributed by atoms with van der Waals surface area (Å²) in [5.74, 6) is 1.17.